The second-order valence-corrected chi connectivity index (χ2v) is 16.3. The summed E-state index contributed by atoms with van der Waals surface area (Å²) in [4.78, 5) is 8.51. The van der Waals surface area contributed by atoms with Gasteiger partial charge in [0.2, 0.25) is 0 Å². The van der Waals surface area contributed by atoms with Gasteiger partial charge in [-0.2, -0.15) is 5.10 Å². The fourth-order valence-electron chi connectivity index (χ4n) is 4.10. The Hall–Kier alpha value is -1.63. The van der Waals surface area contributed by atoms with Crippen LogP contribution in [0.15, 0.2) is 6.33 Å². The van der Waals surface area contributed by atoms with Crippen LogP contribution in [0, 0.1) is 0 Å². The predicted molar refractivity (Wildman–Crippen MR) is 126 cm³/mol. The standard InChI is InChI=1S/C22H37N5O5Si/c1-20(2,3)33(8,9)29-10-12-14-15(32-22(6,7)31-14)19(30-12)27-18-13(17(23)24-11-25-18)16(26-27)21(4,5)28/h11-12,14-15,19,28H,10H2,1-9H3,(H2,23,24,25)/t12-,14-,15-,19-/m1/s1. The van der Waals surface area contributed by atoms with Crippen molar-refractivity contribution >= 4 is 25.2 Å². The molecule has 4 heterocycles. The third-order valence-electron chi connectivity index (χ3n) is 6.88. The maximum absolute atomic E-state index is 10.7. The van der Waals surface area contributed by atoms with E-state index in [0.717, 1.165) is 0 Å². The van der Waals surface area contributed by atoms with Crippen LogP contribution < -0.4 is 5.73 Å². The average molecular weight is 480 g/mol. The first-order valence-electron chi connectivity index (χ1n) is 11.4. The first-order valence-corrected chi connectivity index (χ1v) is 14.3. The second kappa shape index (κ2) is 7.69. The summed E-state index contributed by atoms with van der Waals surface area (Å²) < 4.78 is 27.0. The van der Waals surface area contributed by atoms with Crippen LogP contribution >= 0.6 is 0 Å². The van der Waals surface area contributed by atoms with Gasteiger partial charge in [-0.25, -0.2) is 14.6 Å². The lowest BCUT2D eigenvalue weighted by Crippen LogP contribution is -2.44. The number of nitrogens with two attached hydrogens (primary N) is 1. The van der Waals surface area contributed by atoms with Gasteiger partial charge >= 0.3 is 0 Å². The lowest BCUT2D eigenvalue weighted by Gasteiger charge is -2.37. The molecule has 2 fully saturated rings. The summed E-state index contributed by atoms with van der Waals surface area (Å²) in [6.45, 7) is 18.5. The Labute approximate surface area is 195 Å². The highest BCUT2D eigenvalue weighted by atomic mass is 28.4. The summed E-state index contributed by atoms with van der Waals surface area (Å²) in [6, 6.07) is 0. The minimum Gasteiger partial charge on any atom is -0.414 e. The first kappa shape index (κ1) is 24.5. The normalized spacial score (nSPS) is 27.9. The van der Waals surface area contributed by atoms with Crippen molar-refractivity contribution in [3.63, 3.8) is 0 Å². The number of hydrogen-bond acceptors (Lipinski definition) is 9. The van der Waals surface area contributed by atoms with Crippen molar-refractivity contribution < 1.29 is 23.7 Å². The Bertz CT molecular complexity index is 1040. The minimum absolute atomic E-state index is 0.0744. The highest BCUT2D eigenvalue weighted by Crippen LogP contribution is 2.45. The van der Waals surface area contributed by atoms with Gasteiger partial charge in [0.15, 0.2) is 26.0 Å². The van der Waals surface area contributed by atoms with Crippen LogP contribution in [0.3, 0.4) is 0 Å². The zero-order valence-electron chi connectivity index (χ0n) is 21.0. The topological polar surface area (TPSA) is 127 Å². The summed E-state index contributed by atoms with van der Waals surface area (Å²) in [6.07, 6.45) is -0.358. The number of fused-ring (bicyclic) bond motifs is 2. The summed E-state index contributed by atoms with van der Waals surface area (Å²) in [5.41, 5.74) is 5.76. The quantitative estimate of drug-likeness (QED) is 0.622. The zero-order chi connectivity index (χ0) is 24.6. The Morgan fingerprint density at radius 3 is 2.39 bits per heavy atom. The fraction of sp³-hybridized carbons (Fsp3) is 0.773. The molecule has 10 nitrogen and oxygen atoms in total. The van der Waals surface area contributed by atoms with E-state index in [1.807, 2.05) is 13.8 Å². The van der Waals surface area contributed by atoms with Crippen molar-refractivity contribution in [1.29, 1.82) is 0 Å². The number of nitrogen functional groups attached to an aromatic ring is 1. The van der Waals surface area contributed by atoms with Crippen molar-refractivity contribution in [2.75, 3.05) is 12.3 Å². The number of nitrogens with zero attached hydrogens (tertiary/aromatic N) is 4. The van der Waals surface area contributed by atoms with Gasteiger partial charge in [0.25, 0.3) is 0 Å². The number of hydrogen-bond donors (Lipinski definition) is 2. The molecule has 33 heavy (non-hydrogen) atoms. The van der Waals surface area contributed by atoms with Crippen LogP contribution in [0.25, 0.3) is 11.0 Å². The molecule has 11 heteroatoms. The lowest BCUT2D eigenvalue weighted by atomic mass is 10.0. The summed E-state index contributed by atoms with van der Waals surface area (Å²) >= 11 is 0. The Morgan fingerprint density at radius 1 is 1.15 bits per heavy atom. The van der Waals surface area contributed by atoms with Gasteiger partial charge in [-0.05, 0) is 45.8 Å². The highest BCUT2D eigenvalue weighted by Gasteiger charge is 2.57. The Morgan fingerprint density at radius 2 is 1.79 bits per heavy atom. The number of aliphatic hydroxyl groups is 1. The van der Waals surface area contributed by atoms with Gasteiger partial charge in [0, 0.05) is 0 Å². The van der Waals surface area contributed by atoms with Gasteiger partial charge in [0.1, 0.15) is 41.8 Å². The van der Waals surface area contributed by atoms with E-state index in [1.54, 1.807) is 18.5 Å². The maximum Gasteiger partial charge on any atom is 0.192 e. The van der Waals surface area contributed by atoms with Crippen molar-refractivity contribution in [1.82, 2.24) is 19.7 Å². The average Bonchev–Trinajstić information content (AvgIpc) is 3.28. The van der Waals surface area contributed by atoms with E-state index in [9.17, 15) is 5.11 Å². The molecule has 0 radical (unpaired) electrons. The van der Waals surface area contributed by atoms with E-state index in [2.05, 4.69) is 48.9 Å². The van der Waals surface area contributed by atoms with Crippen molar-refractivity contribution in [2.45, 2.75) is 103 Å². The largest absolute Gasteiger partial charge is 0.414 e. The van der Waals surface area contributed by atoms with E-state index in [4.69, 9.17) is 24.4 Å². The first-order chi connectivity index (χ1) is 15.0. The molecule has 3 N–H and O–H groups in total. The van der Waals surface area contributed by atoms with Gasteiger partial charge in [-0.15, -0.1) is 0 Å². The molecule has 2 aliphatic rings. The number of ether oxygens (including phenoxy) is 3. The summed E-state index contributed by atoms with van der Waals surface area (Å²) in [5.74, 6) is -0.525. The molecule has 0 amide bonds. The van der Waals surface area contributed by atoms with Crippen molar-refractivity contribution in [3.05, 3.63) is 12.0 Å². The molecular formula is C22H37N5O5Si. The van der Waals surface area contributed by atoms with Gasteiger partial charge < -0.3 is 29.5 Å². The van der Waals surface area contributed by atoms with Crippen LogP contribution in [-0.4, -0.2) is 63.9 Å². The van der Waals surface area contributed by atoms with Crippen LogP contribution in [-0.2, 0) is 24.2 Å². The van der Waals surface area contributed by atoms with Gasteiger partial charge in [-0.1, -0.05) is 20.8 Å². The molecule has 0 bridgehead atoms. The monoisotopic (exact) mass is 479 g/mol. The molecular weight excluding hydrogens is 442 g/mol. The molecule has 4 atom stereocenters. The predicted octanol–water partition coefficient (Wildman–Crippen LogP) is 3.08. The van der Waals surface area contributed by atoms with E-state index >= 15 is 0 Å². The smallest absolute Gasteiger partial charge is 0.192 e. The summed E-state index contributed by atoms with van der Waals surface area (Å²) in [5, 5.41) is 16.0. The maximum atomic E-state index is 10.7. The fourth-order valence-corrected chi connectivity index (χ4v) is 5.11. The van der Waals surface area contributed by atoms with Crippen LogP contribution in [0.4, 0.5) is 5.82 Å². The number of anilines is 1. The Kier molecular flexibility index (Phi) is 5.71. The van der Waals surface area contributed by atoms with Crippen LogP contribution in [0.1, 0.15) is 60.4 Å². The molecule has 0 aliphatic carbocycles. The van der Waals surface area contributed by atoms with E-state index in [-0.39, 0.29) is 23.1 Å². The third-order valence-corrected chi connectivity index (χ3v) is 11.4. The third kappa shape index (κ3) is 4.30. The highest BCUT2D eigenvalue weighted by molar-refractivity contribution is 6.74. The van der Waals surface area contributed by atoms with Crippen molar-refractivity contribution in [3.8, 4) is 0 Å². The molecule has 4 rings (SSSR count). The molecule has 0 unspecified atom stereocenters. The molecule has 2 aliphatic heterocycles. The molecule has 2 saturated heterocycles. The molecule has 184 valence electrons. The van der Waals surface area contributed by atoms with Gasteiger partial charge in [0.05, 0.1) is 12.0 Å². The molecule has 2 aromatic heterocycles. The molecule has 0 aromatic carbocycles. The SMILES string of the molecule is CC1(C)O[C@@H]2[C@H](O1)[C@@H](CO[Si](C)(C)C(C)(C)C)O[C@H]2n1nc(C(C)(C)O)c2c(N)ncnc21. The number of aromatic nitrogens is 4. The summed E-state index contributed by atoms with van der Waals surface area (Å²) in [7, 11) is -1.99. The zero-order valence-corrected chi connectivity index (χ0v) is 22.0. The number of rotatable bonds is 5. The van der Waals surface area contributed by atoms with Crippen molar-refractivity contribution in [2.24, 2.45) is 0 Å². The van der Waals surface area contributed by atoms with Crippen LogP contribution in [0.5, 0.6) is 0 Å². The van der Waals surface area contributed by atoms with Crippen LogP contribution in [0.2, 0.25) is 18.1 Å². The minimum atomic E-state index is -1.99. The molecule has 0 spiro atoms. The second-order valence-electron chi connectivity index (χ2n) is 11.5. The van der Waals surface area contributed by atoms with E-state index in [1.165, 1.54) is 6.33 Å². The van der Waals surface area contributed by atoms with E-state index in [0.29, 0.717) is 23.3 Å². The lowest BCUT2D eigenvalue weighted by molar-refractivity contribution is -0.200. The Balaban J connectivity index is 1.72. The van der Waals surface area contributed by atoms with Gasteiger partial charge in [-0.3, -0.25) is 0 Å². The molecule has 2 aromatic rings. The molecule has 0 saturated carbocycles. The van der Waals surface area contributed by atoms with E-state index < -0.39 is 32.0 Å².